The molecule has 0 unspecified atom stereocenters. The fourth-order valence-corrected chi connectivity index (χ4v) is 7.92. The predicted octanol–water partition coefficient (Wildman–Crippen LogP) is 11.5. The summed E-state index contributed by atoms with van der Waals surface area (Å²) in [4.78, 5) is 2.50. The van der Waals surface area contributed by atoms with Gasteiger partial charge in [-0.2, -0.15) is 0 Å². The van der Waals surface area contributed by atoms with Crippen molar-refractivity contribution >= 4 is 48.6 Å². The summed E-state index contributed by atoms with van der Waals surface area (Å²) in [5.74, 6) is 0. The predicted molar refractivity (Wildman–Crippen MR) is 177 cm³/mol. The van der Waals surface area contributed by atoms with Gasteiger partial charge in [0.15, 0.2) is 0 Å². The lowest BCUT2D eigenvalue weighted by Gasteiger charge is -2.32. The molecule has 0 amide bonds. The van der Waals surface area contributed by atoms with Gasteiger partial charge in [-0.3, -0.25) is 0 Å². The van der Waals surface area contributed by atoms with Crippen molar-refractivity contribution in [1.29, 1.82) is 0 Å². The lowest BCUT2D eigenvalue weighted by molar-refractivity contribution is 0.661. The van der Waals surface area contributed by atoms with Crippen LogP contribution < -0.4 is 4.90 Å². The molecule has 0 saturated heterocycles. The second kappa shape index (κ2) is 9.19. The quantitative estimate of drug-likeness (QED) is 0.213. The van der Waals surface area contributed by atoms with Crippen LogP contribution in [0.15, 0.2) is 140 Å². The van der Waals surface area contributed by atoms with E-state index in [9.17, 15) is 0 Å². The Morgan fingerprint density at radius 2 is 1.15 bits per heavy atom. The molecule has 0 saturated carbocycles. The van der Waals surface area contributed by atoms with Crippen molar-refractivity contribution in [3.63, 3.8) is 0 Å². The van der Waals surface area contributed by atoms with Crippen molar-refractivity contribution in [3.8, 4) is 22.3 Å². The third kappa shape index (κ3) is 3.68. The van der Waals surface area contributed by atoms with Gasteiger partial charge in [0.1, 0.15) is 0 Å². The van der Waals surface area contributed by atoms with Crippen LogP contribution in [-0.4, -0.2) is 0 Å². The molecule has 0 N–H and O–H groups in total. The van der Waals surface area contributed by atoms with Crippen LogP contribution in [0.4, 0.5) is 17.1 Å². The first-order valence-electron chi connectivity index (χ1n) is 14.2. The second-order valence-electron chi connectivity index (χ2n) is 11.4. The molecular formula is C39H29NS. The van der Waals surface area contributed by atoms with E-state index in [1.54, 1.807) is 0 Å². The summed E-state index contributed by atoms with van der Waals surface area (Å²) in [6, 6.07) is 51.0. The number of nitrogens with zero attached hydrogens (tertiary/aromatic N) is 1. The van der Waals surface area contributed by atoms with Crippen molar-refractivity contribution in [1.82, 2.24) is 0 Å². The number of hydrogen-bond acceptors (Lipinski definition) is 2. The maximum Gasteiger partial charge on any atom is 0.0554 e. The maximum atomic E-state index is 2.50. The smallest absolute Gasteiger partial charge is 0.0554 e. The van der Waals surface area contributed by atoms with Crippen LogP contribution in [0, 0.1) is 0 Å². The van der Waals surface area contributed by atoms with Gasteiger partial charge in [-0.1, -0.05) is 117 Å². The van der Waals surface area contributed by atoms with E-state index in [4.69, 9.17) is 0 Å². The Balaban J connectivity index is 1.41. The minimum absolute atomic E-state index is 0.130. The molecule has 7 aromatic rings. The Kier molecular flexibility index (Phi) is 5.42. The average molecular weight is 544 g/mol. The molecule has 1 aliphatic rings. The fourth-order valence-electron chi connectivity index (χ4n) is 6.79. The van der Waals surface area contributed by atoms with Gasteiger partial charge < -0.3 is 4.90 Å². The Morgan fingerprint density at radius 3 is 2.00 bits per heavy atom. The Morgan fingerprint density at radius 1 is 0.512 bits per heavy atom. The molecule has 2 heteroatoms. The van der Waals surface area contributed by atoms with E-state index in [1.165, 1.54) is 64.9 Å². The third-order valence-electron chi connectivity index (χ3n) is 8.65. The number of hydrogen-bond donors (Lipinski definition) is 0. The molecule has 0 aliphatic heterocycles. The summed E-state index contributed by atoms with van der Waals surface area (Å²) in [6.07, 6.45) is 0. The second-order valence-corrected chi connectivity index (χ2v) is 12.5. The van der Waals surface area contributed by atoms with Gasteiger partial charge in [-0.05, 0) is 69.8 Å². The summed E-state index contributed by atoms with van der Waals surface area (Å²) in [7, 11) is 0. The number of rotatable bonds is 4. The molecule has 0 bridgehead atoms. The third-order valence-corrected chi connectivity index (χ3v) is 9.79. The zero-order chi connectivity index (χ0) is 27.6. The minimum atomic E-state index is -0.130. The minimum Gasteiger partial charge on any atom is -0.309 e. The first-order valence-corrected chi connectivity index (χ1v) is 15.0. The van der Waals surface area contributed by atoms with Crippen molar-refractivity contribution in [3.05, 3.63) is 151 Å². The Bertz CT molecular complexity index is 2070. The van der Waals surface area contributed by atoms with Crippen molar-refractivity contribution in [2.24, 2.45) is 0 Å². The molecule has 0 atom stereocenters. The first-order chi connectivity index (χ1) is 20.1. The molecule has 1 heterocycles. The summed E-state index contributed by atoms with van der Waals surface area (Å²) in [5.41, 5.74) is 11.4. The van der Waals surface area contributed by atoms with Gasteiger partial charge in [0.05, 0.1) is 11.4 Å². The molecule has 0 spiro atoms. The highest BCUT2D eigenvalue weighted by Crippen LogP contribution is 2.55. The van der Waals surface area contributed by atoms with E-state index in [1.807, 2.05) is 11.3 Å². The summed E-state index contributed by atoms with van der Waals surface area (Å²) >= 11 is 1.87. The molecule has 6 aromatic carbocycles. The molecule has 8 rings (SSSR count). The van der Waals surface area contributed by atoms with E-state index >= 15 is 0 Å². The van der Waals surface area contributed by atoms with Crippen molar-refractivity contribution < 1.29 is 0 Å². The van der Waals surface area contributed by atoms with E-state index in [2.05, 4.69) is 158 Å². The highest BCUT2D eigenvalue weighted by atomic mass is 32.1. The van der Waals surface area contributed by atoms with Crippen LogP contribution in [0.25, 0.3) is 42.4 Å². The molecule has 196 valence electrons. The lowest BCUT2D eigenvalue weighted by Crippen LogP contribution is -2.20. The number of anilines is 3. The monoisotopic (exact) mass is 543 g/mol. The molecule has 1 aliphatic carbocycles. The molecule has 0 fully saturated rings. The highest BCUT2D eigenvalue weighted by Gasteiger charge is 2.38. The zero-order valence-corrected chi connectivity index (χ0v) is 24.0. The number of benzene rings is 6. The zero-order valence-electron chi connectivity index (χ0n) is 23.1. The Labute approximate surface area is 245 Å². The van der Waals surface area contributed by atoms with Gasteiger partial charge in [-0.25, -0.2) is 0 Å². The molecule has 1 nitrogen and oxygen atoms in total. The molecule has 41 heavy (non-hydrogen) atoms. The Hall–Kier alpha value is -4.66. The summed E-state index contributed by atoms with van der Waals surface area (Å²) in [5, 5.41) is 2.62. The number of thiophene rings is 1. The highest BCUT2D eigenvalue weighted by molar-refractivity contribution is 7.26. The van der Waals surface area contributed by atoms with Gasteiger partial charge in [0.25, 0.3) is 0 Å². The van der Waals surface area contributed by atoms with Crippen LogP contribution in [0.5, 0.6) is 0 Å². The largest absolute Gasteiger partial charge is 0.309 e. The van der Waals surface area contributed by atoms with Crippen molar-refractivity contribution in [2.75, 3.05) is 4.90 Å². The van der Waals surface area contributed by atoms with Gasteiger partial charge in [0, 0.05) is 31.3 Å². The van der Waals surface area contributed by atoms with E-state index in [-0.39, 0.29) is 5.41 Å². The SMILES string of the molecule is CC1(C)c2ccccc2-c2cccc(N(c3ccc(-c4ccccc4)cc3)c3cccc4sc5ccccc5c34)c21. The van der Waals surface area contributed by atoms with Gasteiger partial charge >= 0.3 is 0 Å². The average Bonchev–Trinajstić information content (AvgIpc) is 3.52. The molecule has 0 radical (unpaired) electrons. The van der Waals surface area contributed by atoms with Crippen molar-refractivity contribution in [2.45, 2.75) is 19.3 Å². The summed E-state index contributed by atoms with van der Waals surface area (Å²) < 4.78 is 2.63. The standard InChI is InChI=1S/C39H29NS/c1-39(2)32-17-8-6-14-29(32)30-16-10-19-34(38(30)39)40(28-24-22-27(23-25-28)26-12-4-3-5-13-26)33-18-11-21-36-37(33)31-15-7-9-20-35(31)41-36/h3-25H,1-2H3. The topological polar surface area (TPSA) is 3.24 Å². The van der Waals surface area contributed by atoms with Crippen LogP contribution in [-0.2, 0) is 5.41 Å². The van der Waals surface area contributed by atoms with Gasteiger partial charge in [0.2, 0.25) is 0 Å². The van der Waals surface area contributed by atoms with E-state index in [0.29, 0.717) is 0 Å². The lowest BCUT2D eigenvalue weighted by atomic mass is 9.81. The van der Waals surface area contributed by atoms with Crippen LogP contribution in [0.2, 0.25) is 0 Å². The normalized spacial score (nSPS) is 13.3. The van der Waals surface area contributed by atoms with Crippen LogP contribution in [0.1, 0.15) is 25.0 Å². The van der Waals surface area contributed by atoms with Gasteiger partial charge in [-0.15, -0.1) is 11.3 Å². The molecular weight excluding hydrogens is 515 g/mol. The van der Waals surface area contributed by atoms with Crippen LogP contribution >= 0.6 is 11.3 Å². The number of fused-ring (bicyclic) bond motifs is 6. The van der Waals surface area contributed by atoms with Crippen LogP contribution in [0.3, 0.4) is 0 Å². The summed E-state index contributed by atoms with van der Waals surface area (Å²) in [6.45, 7) is 4.75. The molecule has 1 aromatic heterocycles. The maximum absolute atomic E-state index is 2.50. The van der Waals surface area contributed by atoms with E-state index < -0.39 is 0 Å². The first kappa shape index (κ1) is 24.2. The van der Waals surface area contributed by atoms with E-state index in [0.717, 1.165) is 5.69 Å². The fraction of sp³-hybridized carbons (Fsp3) is 0.0769.